The van der Waals surface area contributed by atoms with Gasteiger partial charge in [0.05, 0.1) is 11.8 Å². The van der Waals surface area contributed by atoms with Crippen LogP contribution in [0.3, 0.4) is 0 Å². The van der Waals surface area contributed by atoms with Crippen LogP contribution in [0.1, 0.15) is 6.92 Å². The number of amides is 1. The van der Waals surface area contributed by atoms with Crippen LogP contribution in [0.15, 0.2) is 5.29 Å². The maximum atomic E-state index is 10.3. The van der Waals surface area contributed by atoms with Crippen molar-refractivity contribution in [3.05, 3.63) is 4.91 Å². The summed E-state index contributed by atoms with van der Waals surface area (Å²) in [6.07, 6.45) is 0. The average Bonchev–Trinajstić information content (AvgIpc) is 1.82. The third kappa shape index (κ3) is 3.03. The molecule has 0 rings (SSSR count). The van der Waals surface area contributed by atoms with Crippen LogP contribution in [0.25, 0.3) is 0 Å². The fraction of sp³-hybridized carbons (Fsp3) is 0.750. The van der Waals surface area contributed by atoms with Crippen molar-refractivity contribution in [2.24, 2.45) is 5.29 Å². The second kappa shape index (κ2) is 4.26. The molecule has 52 valence electrons. The Kier molecular flexibility index (Phi) is 3.96. The summed E-state index contributed by atoms with van der Waals surface area (Å²) < 4.78 is 0. The Balaban J connectivity index is 3.68. The number of nitroso groups, excluding NO2 is 1. The van der Waals surface area contributed by atoms with E-state index >= 15 is 0 Å². The van der Waals surface area contributed by atoms with Crippen molar-refractivity contribution >= 4 is 17.5 Å². The zero-order chi connectivity index (χ0) is 7.28. The quantitative estimate of drug-likeness (QED) is 0.339. The number of carbonyl (C=O) groups is 1. The van der Waals surface area contributed by atoms with Gasteiger partial charge in [-0.1, -0.05) is 0 Å². The SMILES string of the molecule is CC(=O)N(CCCl)N=O. The standard InChI is InChI=1S/C4H7ClN2O2/c1-4(8)7(6-9)3-2-5/h2-3H2,1H3. The third-order valence-corrected chi connectivity index (χ3v) is 0.927. The molecule has 9 heavy (non-hydrogen) atoms. The number of rotatable bonds is 3. The fourth-order valence-electron chi connectivity index (χ4n) is 0.336. The summed E-state index contributed by atoms with van der Waals surface area (Å²) in [5.74, 6) is -0.156. The van der Waals surface area contributed by atoms with Gasteiger partial charge < -0.3 is 0 Å². The van der Waals surface area contributed by atoms with Crippen LogP contribution in [0.5, 0.6) is 0 Å². The summed E-state index contributed by atoms with van der Waals surface area (Å²) in [5, 5.41) is 3.20. The van der Waals surface area contributed by atoms with Gasteiger partial charge in [0.1, 0.15) is 0 Å². The maximum absolute atomic E-state index is 10.3. The van der Waals surface area contributed by atoms with Crippen LogP contribution in [0.4, 0.5) is 0 Å². The predicted molar refractivity (Wildman–Crippen MR) is 33.9 cm³/mol. The van der Waals surface area contributed by atoms with Crippen molar-refractivity contribution in [3.8, 4) is 0 Å². The lowest BCUT2D eigenvalue weighted by Crippen LogP contribution is -2.24. The van der Waals surface area contributed by atoms with E-state index in [-0.39, 0.29) is 18.3 Å². The summed E-state index contributed by atoms with van der Waals surface area (Å²) in [4.78, 5) is 20.1. The zero-order valence-electron chi connectivity index (χ0n) is 5.00. The number of carbonyl (C=O) groups excluding carboxylic acids is 1. The minimum Gasteiger partial charge on any atom is -0.273 e. The number of hydrogen-bond donors (Lipinski definition) is 0. The molecule has 0 aliphatic heterocycles. The lowest BCUT2D eigenvalue weighted by atomic mass is 10.6. The first-order valence-electron chi connectivity index (χ1n) is 2.39. The minimum atomic E-state index is -0.384. The van der Waals surface area contributed by atoms with E-state index in [2.05, 4.69) is 5.29 Å². The van der Waals surface area contributed by atoms with E-state index in [1.54, 1.807) is 0 Å². The first kappa shape index (κ1) is 8.36. The van der Waals surface area contributed by atoms with Crippen LogP contribution >= 0.6 is 11.6 Å². The molecule has 0 aromatic rings. The summed E-state index contributed by atoms with van der Waals surface area (Å²) in [6.45, 7) is 1.44. The number of nitrogens with zero attached hydrogens (tertiary/aromatic N) is 2. The molecule has 5 heteroatoms. The van der Waals surface area contributed by atoms with Crippen molar-refractivity contribution < 1.29 is 4.79 Å². The molecule has 1 amide bonds. The molecule has 0 spiro atoms. The topological polar surface area (TPSA) is 49.7 Å². The molecule has 0 bridgehead atoms. The lowest BCUT2D eigenvalue weighted by molar-refractivity contribution is -0.128. The van der Waals surface area contributed by atoms with Crippen LogP contribution in [-0.2, 0) is 4.79 Å². The van der Waals surface area contributed by atoms with Crippen molar-refractivity contribution in [2.45, 2.75) is 6.92 Å². The zero-order valence-corrected chi connectivity index (χ0v) is 5.76. The lowest BCUT2D eigenvalue weighted by Gasteiger charge is -2.06. The molecule has 0 aliphatic carbocycles. The Bertz CT molecular complexity index is 117. The number of hydrogen-bond acceptors (Lipinski definition) is 3. The van der Waals surface area contributed by atoms with E-state index in [0.717, 1.165) is 5.01 Å². The third-order valence-electron chi connectivity index (χ3n) is 0.758. The minimum absolute atomic E-state index is 0.181. The number of halogens is 1. The van der Waals surface area contributed by atoms with Gasteiger partial charge in [-0.25, -0.2) is 0 Å². The highest BCUT2D eigenvalue weighted by Gasteiger charge is 2.05. The molecule has 0 unspecified atom stereocenters. The highest BCUT2D eigenvalue weighted by Crippen LogP contribution is 1.89. The predicted octanol–water partition coefficient (Wildman–Crippen LogP) is 0.755. The Morgan fingerprint density at radius 1 is 1.78 bits per heavy atom. The monoisotopic (exact) mass is 150 g/mol. The first-order chi connectivity index (χ1) is 4.22. The molecule has 0 heterocycles. The van der Waals surface area contributed by atoms with E-state index < -0.39 is 0 Å². The second-order valence-electron chi connectivity index (χ2n) is 1.41. The first-order valence-corrected chi connectivity index (χ1v) is 2.93. The molecule has 0 aromatic carbocycles. The Labute approximate surface area is 57.7 Å². The Morgan fingerprint density at radius 3 is 2.44 bits per heavy atom. The van der Waals surface area contributed by atoms with Crippen molar-refractivity contribution in [2.75, 3.05) is 12.4 Å². The van der Waals surface area contributed by atoms with E-state index in [9.17, 15) is 9.70 Å². The van der Waals surface area contributed by atoms with E-state index in [0.29, 0.717) is 0 Å². The number of alkyl halides is 1. The molecule has 0 saturated carbocycles. The van der Waals surface area contributed by atoms with Gasteiger partial charge in [0.25, 0.3) is 0 Å². The summed E-state index contributed by atoms with van der Waals surface area (Å²) in [7, 11) is 0. The molecule has 0 fully saturated rings. The van der Waals surface area contributed by atoms with Gasteiger partial charge in [-0.05, 0) is 0 Å². The normalized spacial score (nSPS) is 8.67. The van der Waals surface area contributed by atoms with Gasteiger partial charge in [0.15, 0.2) is 0 Å². The molecule has 0 aromatic heterocycles. The molecule has 0 radical (unpaired) electrons. The largest absolute Gasteiger partial charge is 0.273 e. The van der Waals surface area contributed by atoms with E-state index in [1.165, 1.54) is 6.92 Å². The average molecular weight is 151 g/mol. The molecular formula is C4H7ClN2O2. The second-order valence-corrected chi connectivity index (χ2v) is 1.79. The van der Waals surface area contributed by atoms with E-state index in [1.807, 2.05) is 0 Å². The van der Waals surface area contributed by atoms with Crippen LogP contribution < -0.4 is 0 Å². The highest BCUT2D eigenvalue weighted by atomic mass is 35.5. The summed E-state index contributed by atoms with van der Waals surface area (Å²) in [5.41, 5.74) is 0. The smallest absolute Gasteiger partial charge is 0.242 e. The molecule has 0 atom stereocenters. The fourth-order valence-corrected chi connectivity index (χ4v) is 0.496. The molecular weight excluding hydrogens is 144 g/mol. The highest BCUT2D eigenvalue weighted by molar-refractivity contribution is 6.18. The van der Waals surface area contributed by atoms with Gasteiger partial charge >= 0.3 is 0 Å². The Hall–Kier alpha value is -0.640. The van der Waals surface area contributed by atoms with Gasteiger partial charge in [-0.3, -0.25) is 4.79 Å². The molecule has 0 aliphatic rings. The molecule has 0 N–H and O–H groups in total. The summed E-state index contributed by atoms with van der Waals surface area (Å²) >= 11 is 5.23. The van der Waals surface area contributed by atoms with Crippen LogP contribution in [-0.4, -0.2) is 23.3 Å². The molecule has 4 nitrogen and oxygen atoms in total. The van der Waals surface area contributed by atoms with Gasteiger partial charge in [-0.15, -0.1) is 16.5 Å². The van der Waals surface area contributed by atoms with Crippen molar-refractivity contribution in [1.82, 2.24) is 5.01 Å². The molecule has 0 saturated heterocycles. The van der Waals surface area contributed by atoms with Gasteiger partial charge in [0, 0.05) is 12.8 Å². The van der Waals surface area contributed by atoms with Gasteiger partial charge in [0.2, 0.25) is 5.91 Å². The van der Waals surface area contributed by atoms with Crippen molar-refractivity contribution in [1.29, 1.82) is 0 Å². The Morgan fingerprint density at radius 2 is 2.33 bits per heavy atom. The van der Waals surface area contributed by atoms with E-state index in [4.69, 9.17) is 11.6 Å². The van der Waals surface area contributed by atoms with Crippen LogP contribution in [0.2, 0.25) is 0 Å². The summed E-state index contributed by atoms with van der Waals surface area (Å²) in [6, 6.07) is 0. The van der Waals surface area contributed by atoms with Crippen molar-refractivity contribution in [3.63, 3.8) is 0 Å². The maximum Gasteiger partial charge on any atom is 0.242 e. The van der Waals surface area contributed by atoms with Crippen LogP contribution in [0, 0.1) is 4.91 Å². The van der Waals surface area contributed by atoms with Gasteiger partial charge in [-0.2, -0.15) is 5.01 Å².